The topological polar surface area (TPSA) is 75.5 Å². The molecule has 3 aromatic carbocycles. The molecule has 6 rings (SSSR count). The van der Waals surface area contributed by atoms with E-state index in [1.165, 1.54) is 16.8 Å². The molecule has 3 heterocycles. The van der Waals surface area contributed by atoms with Crippen molar-refractivity contribution in [3.8, 4) is 11.3 Å². The molecule has 1 aromatic heterocycles. The van der Waals surface area contributed by atoms with Crippen LogP contribution < -0.4 is 0 Å². The number of benzene rings is 3. The van der Waals surface area contributed by atoms with Crippen LogP contribution in [0.3, 0.4) is 0 Å². The van der Waals surface area contributed by atoms with Gasteiger partial charge in [0.15, 0.2) is 5.82 Å². The highest BCUT2D eigenvalue weighted by Crippen LogP contribution is 2.32. The number of nitrogens with zero attached hydrogens (tertiary/aromatic N) is 4. The van der Waals surface area contributed by atoms with Gasteiger partial charge in [0.2, 0.25) is 0 Å². The lowest BCUT2D eigenvalue weighted by Gasteiger charge is -2.31. The SMILES string of the molecule is Cn1ncc(F)c1-c1ccc2c(c1)CN([C@H](Cc1cccc(F)c1)CN1C(=O)c3ccccc3C1=O)C2=O. The van der Waals surface area contributed by atoms with Gasteiger partial charge in [0.25, 0.3) is 17.7 Å². The van der Waals surface area contributed by atoms with Gasteiger partial charge in [0.1, 0.15) is 11.5 Å². The number of fused-ring (bicyclic) bond motifs is 2. The minimum Gasteiger partial charge on any atom is -0.329 e. The highest BCUT2D eigenvalue weighted by molar-refractivity contribution is 6.21. The number of aryl methyl sites for hydroxylation is 1. The van der Waals surface area contributed by atoms with Gasteiger partial charge in [-0.05, 0) is 53.9 Å². The first-order chi connectivity index (χ1) is 18.3. The molecular weight excluding hydrogens is 490 g/mol. The summed E-state index contributed by atoms with van der Waals surface area (Å²) in [4.78, 5) is 42.5. The summed E-state index contributed by atoms with van der Waals surface area (Å²) in [5, 5.41) is 3.95. The number of carbonyl (C=O) groups excluding carboxylic acids is 3. The van der Waals surface area contributed by atoms with Gasteiger partial charge < -0.3 is 4.90 Å². The molecule has 9 heteroatoms. The molecule has 0 saturated carbocycles. The summed E-state index contributed by atoms with van der Waals surface area (Å²) in [7, 11) is 1.64. The molecule has 0 N–H and O–H groups in total. The average molecular weight is 513 g/mol. The molecule has 0 spiro atoms. The number of amides is 3. The van der Waals surface area contributed by atoms with Crippen LogP contribution in [0.1, 0.15) is 42.2 Å². The van der Waals surface area contributed by atoms with Gasteiger partial charge in [-0.2, -0.15) is 5.10 Å². The average Bonchev–Trinajstić information content (AvgIpc) is 3.50. The maximum absolute atomic E-state index is 14.4. The molecule has 0 aliphatic carbocycles. The van der Waals surface area contributed by atoms with Crippen molar-refractivity contribution in [2.45, 2.75) is 19.0 Å². The van der Waals surface area contributed by atoms with E-state index in [4.69, 9.17) is 0 Å². The van der Waals surface area contributed by atoms with Crippen molar-refractivity contribution < 1.29 is 23.2 Å². The van der Waals surface area contributed by atoms with Gasteiger partial charge in [0, 0.05) is 24.7 Å². The zero-order valence-electron chi connectivity index (χ0n) is 20.4. The summed E-state index contributed by atoms with van der Waals surface area (Å²) in [6.45, 7) is 0.149. The van der Waals surface area contributed by atoms with Crippen LogP contribution in [0.4, 0.5) is 8.78 Å². The largest absolute Gasteiger partial charge is 0.329 e. The van der Waals surface area contributed by atoms with Crippen LogP contribution in [-0.2, 0) is 20.0 Å². The summed E-state index contributed by atoms with van der Waals surface area (Å²) in [5.41, 5.74) is 3.32. The molecule has 7 nitrogen and oxygen atoms in total. The number of hydrogen-bond acceptors (Lipinski definition) is 4. The van der Waals surface area contributed by atoms with Gasteiger partial charge in [-0.15, -0.1) is 0 Å². The maximum Gasteiger partial charge on any atom is 0.261 e. The van der Waals surface area contributed by atoms with Gasteiger partial charge in [-0.25, -0.2) is 8.78 Å². The van der Waals surface area contributed by atoms with Gasteiger partial charge in [0.05, 0.1) is 29.9 Å². The third kappa shape index (κ3) is 3.87. The molecule has 3 amide bonds. The molecule has 2 aliphatic rings. The number of carbonyl (C=O) groups is 3. The van der Waals surface area contributed by atoms with E-state index >= 15 is 0 Å². The molecule has 4 aromatic rings. The second-order valence-corrected chi connectivity index (χ2v) is 9.52. The quantitative estimate of drug-likeness (QED) is 0.363. The Morgan fingerprint density at radius 2 is 1.61 bits per heavy atom. The predicted octanol–water partition coefficient (Wildman–Crippen LogP) is 4.23. The molecule has 0 radical (unpaired) electrons. The van der Waals surface area contributed by atoms with Crippen molar-refractivity contribution in [3.63, 3.8) is 0 Å². The first-order valence-corrected chi connectivity index (χ1v) is 12.1. The maximum atomic E-state index is 14.4. The Morgan fingerprint density at radius 3 is 2.26 bits per heavy atom. The normalized spacial score (nSPS) is 15.3. The highest BCUT2D eigenvalue weighted by Gasteiger charge is 2.40. The van der Waals surface area contributed by atoms with E-state index in [9.17, 15) is 23.2 Å². The number of hydrogen-bond donors (Lipinski definition) is 0. The molecule has 0 fully saturated rings. The zero-order valence-corrected chi connectivity index (χ0v) is 20.4. The lowest BCUT2D eigenvalue weighted by Crippen LogP contribution is -2.47. The zero-order chi connectivity index (χ0) is 26.6. The Hall–Kier alpha value is -4.66. The first-order valence-electron chi connectivity index (χ1n) is 12.1. The monoisotopic (exact) mass is 512 g/mol. The minimum atomic E-state index is -0.615. The molecule has 1 atom stereocenters. The van der Waals surface area contributed by atoms with Crippen LogP contribution in [-0.4, -0.2) is 49.9 Å². The van der Waals surface area contributed by atoms with E-state index in [1.807, 2.05) is 0 Å². The fourth-order valence-corrected chi connectivity index (χ4v) is 5.35. The predicted molar refractivity (Wildman–Crippen MR) is 134 cm³/mol. The minimum absolute atomic E-state index is 0.0498. The highest BCUT2D eigenvalue weighted by atomic mass is 19.1. The van der Waals surface area contributed by atoms with E-state index in [0.29, 0.717) is 39.1 Å². The van der Waals surface area contributed by atoms with E-state index < -0.39 is 29.5 Å². The number of halogens is 2. The Labute approximate surface area is 216 Å². The van der Waals surface area contributed by atoms with E-state index in [1.54, 1.807) is 66.5 Å². The summed E-state index contributed by atoms with van der Waals surface area (Å²) in [5.74, 6) is -2.00. The van der Waals surface area contributed by atoms with Crippen molar-refractivity contribution >= 4 is 17.7 Å². The molecule has 38 heavy (non-hydrogen) atoms. The third-order valence-corrected chi connectivity index (χ3v) is 7.18. The molecule has 0 saturated heterocycles. The van der Waals surface area contributed by atoms with Gasteiger partial charge >= 0.3 is 0 Å². The third-order valence-electron chi connectivity index (χ3n) is 7.18. The smallest absolute Gasteiger partial charge is 0.261 e. The standard InChI is InChI=1S/C29H22F2N4O3/c1-33-26(25(31)14-32-33)18-9-10-22-19(13-18)15-34(27(22)36)21(12-17-5-4-6-20(30)11-17)16-35-28(37)23-7-2-3-8-24(23)29(35)38/h2-11,13-14,21H,12,15-16H2,1H3/t21-/m1/s1. The van der Waals surface area contributed by atoms with Crippen LogP contribution in [0.5, 0.6) is 0 Å². The van der Waals surface area contributed by atoms with Crippen molar-refractivity contribution in [1.82, 2.24) is 19.6 Å². The summed E-state index contributed by atoms with van der Waals surface area (Å²) < 4.78 is 29.8. The van der Waals surface area contributed by atoms with Crippen LogP contribution in [0.15, 0.2) is 72.9 Å². The van der Waals surface area contributed by atoms with E-state index in [0.717, 1.165) is 11.1 Å². The van der Waals surface area contributed by atoms with Crippen LogP contribution >= 0.6 is 0 Å². The molecule has 2 aliphatic heterocycles. The Kier molecular flexibility index (Phi) is 5.63. The van der Waals surface area contributed by atoms with Crippen LogP contribution in [0, 0.1) is 11.6 Å². The van der Waals surface area contributed by atoms with E-state index in [-0.39, 0.29) is 25.4 Å². The van der Waals surface area contributed by atoms with Crippen molar-refractivity contribution in [2.24, 2.45) is 7.05 Å². The number of rotatable bonds is 6. The Balaban J connectivity index is 1.34. The lowest BCUT2D eigenvalue weighted by atomic mass is 10.0. The van der Waals surface area contributed by atoms with Crippen LogP contribution in [0.2, 0.25) is 0 Å². The number of aromatic nitrogens is 2. The van der Waals surface area contributed by atoms with Gasteiger partial charge in [-0.3, -0.25) is 24.0 Å². The first kappa shape index (κ1) is 23.7. The van der Waals surface area contributed by atoms with Crippen LogP contribution in [0.25, 0.3) is 11.3 Å². The van der Waals surface area contributed by atoms with Crippen molar-refractivity contribution in [1.29, 1.82) is 0 Å². The molecule has 0 bridgehead atoms. The fraction of sp³-hybridized carbons (Fsp3) is 0.172. The fourth-order valence-electron chi connectivity index (χ4n) is 5.35. The Morgan fingerprint density at radius 1 is 0.868 bits per heavy atom. The van der Waals surface area contributed by atoms with Crippen molar-refractivity contribution in [3.05, 3.63) is 112 Å². The van der Waals surface area contributed by atoms with Crippen molar-refractivity contribution in [2.75, 3.05) is 6.54 Å². The second kappa shape index (κ2) is 9.02. The molecule has 0 unspecified atom stereocenters. The molecular formula is C29H22F2N4O3. The number of imide groups is 1. The summed E-state index contributed by atoms with van der Waals surface area (Å²) in [6, 6.07) is 17.1. The Bertz CT molecular complexity index is 1580. The summed E-state index contributed by atoms with van der Waals surface area (Å²) in [6.07, 6.45) is 1.37. The second-order valence-electron chi connectivity index (χ2n) is 9.52. The van der Waals surface area contributed by atoms with E-state index in [2.05, 4.69) is 5.10 Å². The molecule has 190 valence electrons. The lowest BCUT2D eigenvalue weighted by molar-refractivity contribution is 0.0528. The summed E-state index contributed by atoms with van der Waals surface area (Å²) >= 11 is 0. The van der Waals surface area contributed by atoms with Gasteiger partial charge in [-0.1, -0.05) is 30.3 Å².